The predicted octanol–water partition coefficient (Wildman–Crippen LogP) is -0.841. The van der Waals surface area contributed by atoms with Gasteiger partial charge in [0, 0.05) is 0 Å². The third-order valence-electron chi connectivity index (χ3n) is 1.30. The van der Waals surface area contributed by atoms with Gasteiger partial charge in [-0.2, -0.15) is 0 Å². The molecule has 0 aliphatic heterocycles. The van der Waals surface area contributed by atoms with E-state index in [2.05, 4.69) is 4.65 Å². The van der Waals surface area contributed by atoms with Gasteiger partial charge in [0.1, 0.15) is 0 Å². The molecule has 4 radical (unpaired) electrons. The maximum absolute atomic E-state index is 5.63. The van der Waals surface area contributed by atoms with E-state index in [-0.39, 0.29) is 5.94 Å². The molecule has 0 aromatic rings. The van der Waals surface area contributed by atoms with Crippen LogP contribution in [0.5, 0.6) is 0 Å². The molecule has 0 spiro atoms. The molecule has 0 fully saturated rings. The molecular weight excluding hydrogens is 140 g/mol. The summed E-state index contributed by atoms with van der Waals surface area (Å²) in [6.45, 7) is 1.38. The molecule has 0 saturated heterocycles. The van der Waals surface area contributed by atoms with Crippen LogP contribution in [0.2, 0.25) is 0 Å². The fraction of sp³-hybridized carbons (Fsp3) is 1.00. The van der Waals surface area contributed by atoms with Gasteiger partial charge in [-0.05, 0) is 20.0 Å². The highest BCUT2D eigenvalue weighted by Gasteiger charge is 2.02. The van der Waals surface area contributed by atoms with Crippen LogP contribution >= 0.6 is 0 Å². The Morgan fingerprint density at radius 3 is 2.45 bits per heavy atom. The molecule has 0 N–H and O–H groups in total. The second-order valence-corrected chi connectivity index (χ2v) is 2.48. The lowest BCUT2D eigenvalue weighted by Gasteiger charge is -2.19. The molecule has 0 saturated carbocycles. The van der Waals surface area contributed by atoms with E-state index in [4.69, 9.17) is 20.6 Å². The average Bonchev–Trinajstić information content (AvgIpc) is 1.97. The third kappa shape index (κ3) is 6.41. The van der Waals surface area contributed by atoms with Crippen LogP contribution in [0.4, 0.5) is 0 Å². The molecule has 1 unspecified atom stereocenters. The highest BCUT2D eigenvalue weighted by molar-refractivity contribution is 6.11. The monoisotopic (exact) mass is 153 g/mol. The molecule has 0 aliphatic rings. The van der Waals surface area contributed by atoms with Gasteiger partial charge < -0.3 is 14.3 Å². The summed E-state index contributed by atoms with van der Waals surface area (Å²) in [5.74, 6) is -0.0622. The summed E-state index contributed by atoms with van der Waals surface area (Å²) in [6, 6.07) is 0. The molecular formula is C6H13B2NO2. The fourth-order valence-corrected chi connectivity index (χ4v) is 0.460. The SMILES string of the molecule is [B]OCCOCC([B])N(C)C. The fourth-order valence-electron chi connectivity index (χ4n) is 0.460. The summed E-state index contributed by atoms with van der Waals surface area (Å²) in [4.78, 5) is 1.88. The number of ether oxygens (including phenoxy) is 1. The van der Waals surface area contributed by atoms with Crippen molar-refractivity contribution >= 4 is 15.9 Å². The summed E-state index contributed by atoms with van der Waals surface area (Å²) in [5.41, 5.74) is 0. The van der Waals surface area contributed by atoms with Gasteiger partial charge in [-0.15, -0.1) is 0 Å². The summed E-state index contributed by atoms with van der Waals surface area (Å²) < 4.78 is 9.43. The van der Waals surface area contributed by atoms with Gasteiger partial charge >= 0.3 is 0 Å². The number of rotatable bonds is 6. The average molecular weight is 153 g/mol. The second-order valence-electron chi connectivity index (χ2n) is 2.48. The molecule has 0 amide bonds. The Morgan fingerprint density at radius 2 is 2.00 bits per heavy atom. The third-order valence-corrected chi connectivity index (χ3v) is 1.30. The number of nitrogens with zero attached hydrogens (tertiary/aromatic N) is 1. The summed E-state index contributed by atoms with van der Waals surface area (Å²) in [6.07, 6.45) is 0. The van der Waals surface area contributed by atoms with Crippen molar-refractivity contribution in [1.29, 1.82) is 0 Å². The van der Waals surface area contributed by atoms with Gasteiger partial charge in [0.05, 0.1) is 27.7 Å². The first-order valence-corrected chi connectivity index (χ1v) is 3.50. The van der Waals surface area contributed by atoms with Crippen LogP contribution in [0, 0.1) is 0 Å². The van der Waals surface area contributed by atoms with Gasteiger partial charge in [-0.3, -0.25) is 0 Å². The summed E-state index contributed by atoms with van der Waals surface area (Å²) >= 11 is 0. The van der Waals surface area contributed by atoms with Crippen LogP contribution in [0.1, 0.15) is 0 Å². The smallest absolute Gasteiger partial charge is 0.282 e. The molecule has 0 aromatic carbocycles. The van der Waals surface area contributed by atoms with Crippen LogP contribution in [0.15, 0.2) is 0 Å². The lowest BCUT2D eigenvalue weighted by molar-refractivity contribution is 0.0820. The van der Waals surface area contributed by atoms with E-state index in [1.165, 1.54) is 0 Å². The van der Waals surface area contributed by atoms with Crippen LogP contribution < -0.4 is 0 Å². The lowest BCUT2D eigenvalue weighted by atomic mass is 9.97. The van der Waals surface area contributed by atoms with Gasteiger partial charge in [-0.1, -0.05) is 0 Å². The van der Waals surface area contributed by atoms with Gasteiger partial charge in [0.15, 0.2) is 0 Å². The first kappa shape index (κ1) is 11.0. The standard InChI is InChI=1S/C6H13B2NO2/c1-9(2)6(7)5-10-3-4-11-8/h6H,3-5H2,1-2H3. The first-order chi connectivity index (χ1) is 5.18. The van der Waals surface area contributed by atoms with Gasteiger partial charge in [0.25, 0.3) is 8.05 Å². The minimum absolute atomic E-state index is 0.0622. The second kappa shape index (κ2) is 6.70. The maximum atomic E-state index is 5.63. The lowest BCUT2D eigenvalue weighted by Crippen LogP contribution is -2.33. The zero-order chi connectivity index (χ0) is 8.69. The van der Waals surface area contributed by atoms with Crippen molar-refractivity contribution in [2.75, 3.05) is 33.9 Å². The molecule has 60 valence electrons. The van der Waals surface area contributed by atoms with Crippen molar-refractivity contribution in [2.45, 2.75) is 5.94 Å². The van der Waals surface area contributed by atoms with Gasteiger partial charge in [0.2, 0.25) is 0 Å². The van der Waals surface area contributed by atoms with Crippen molar-refractivity contribution in [3.63, 3.8) is 0 Å². The Bertz CT molecular complexity index is 92.7. The topological polar surface area (TPSA) is 21.7 Å². The van der Waals surface area contributed by atoms with E-state index in [1.54, 1.807) is 0 Å². The van der Waals surface area contributed by atoms with E-state index in [1.807, 2.05) is 19.0 Å². The molecule has 0 heterocycles. The molecule has 0 aliphatic carbocycles. The predicted molar refractivity (Wildman–Crippen MR) is 45.8 cm³/mol. The van der Waals surface area contributed by atoms with Crippen LogP contribution in [-0.2, 0) is 9.39 Å². The summed E-state index contributed by atoms with van der Waals surface area (Å²) in [5, 5.41) is 0. The Hall–Kier alpha value is 0.00987. The Morgan fingerprint density at radius 1 is 1.36 bits per heavy atom. The zero-order valence-corrected chi connectivity index (χ0v) is 7.12. The van der Waals surface area contributed by atoms with Crippen LogP contribution in [0.3, 0.4) is 0 Å². The van der Waals surface area contributed by atoms with Crippen molar-refractivity contribution < 1.29 is 9.39 Å². The first-order valence-electron chi connectivity index (χ1n) is 3.50. The summed E-state index contributed by atoms with van der Waals surface area (Å²) in [7, 11) is 14.2. The maximum Gasteiger partial charge on any atom is 0.282 e. The minimum Gasteiger partial charge on any atom is -0.445 e. The normalized spacial score (nSPS) is 13.7. The molecule has 0 rings (SSSR count). The zero-order valence-electron chi connectivity index (χ0n) is 7.12. The molecule has 11 heavy (non-hydrogen) atoms. The Balaban J connectivity index is 3.10. The number of hydrogen-bond donors (Lipinski definition) is 0. The Kier molecular flexibility index (Phi) is 6.71. The van der Waals surface area contributed by atoms with Crippen molar-refractivity contribution in [3.8, 4) is 0 Å². The molecule has 3 nitrogen and oxygen atoms in total. The number of likely N-dealkylation sites (N-methyl/N-ethyl adjacent to an activating group) is 1. The highest BCUT2D eigenvalue weighted by atomic mass is 16.5. The van der Waals surface area contributed by atoms with Crippen LogP contribution in [-0.4, -0.2) is 60.7 Å². The quantitative estimate of drug-likeness (QED) is 0.366. The molecule has 0 bridgehead atoms. The Labute approximate surface area is 70.9 Å². The van der Waals surface area contributed by atoms with E-state index in [0.717, 1.165) is 0 Å². The van der Waals surface area contributed by atoms with Crippen molar-refractivity contribution in [2.24, 2.45) is 0 Å². The highest BCUT2D eigenvalue weighted by Crippen LogP contribution is 1.87. The minimum atomic E-state index is -0.0622. The van der Waals surface area contributed by atoms with E-state index in [9.17, 15) is 0 Å². The number of hydrogen-bond acceptors (Lipinski definition) is 3. The van der Waals surface area contributed by atoms with E-state index >= 15 is 0 Å². The van der Waals surface area contributed by atoms with E-state index in [0.29, 0.717) is 19.8 Å². The van der Waals surface area contributed by atoms with Crippen LogP contribution in [0.25, 0.3) is 0 Å². The van der Waals surface area contributed by atoms with Crippen molar-refractivity contribution in [3.05, 3.63) is 0 Å². The largest absolute Gasteiger partial charge is 0.445 e. The van der Waals surface area contributed by atoms with Crippen molar-refractivity contribution in [1.82, 2.24) is 4.90 Å². The molecule has 5 heteroatoms. The molecule has 1 atom stereocenters. The van der Waals surface area contributed by atoms with Gasteiger partial charge in [-0.25, -0.2) is 0 Å². The van der Waals surface area contributed by atoms with E-state index < -0.39 is 0 Å². The molecule has 0 aromatic heterocycles.